The summed E-state index contributed by atoms with van der Waals surface area (Å²) in [6.45, 7) is 2.94. The summed E-state index contributed by atoms with van der Waals surface area (Å²) in [4.78, 5) is 13.7. The molecule has 3 N–H and O–H groups in total. The number of hydrogen-bond acceptors (Lipinski definition) is 3. The number of amides is 1. The predicted molar refractivity (Wildman–Crippen MR) is 64.1 cm³/mol. The van der Waals surface area contributed by atoms with Gasteiger partial charge in [0.2, 0.25) is 0 Å². The zero-order valence-corrected chi connectivity index (χ0v) is 9.52. The van der Waals surface area contributed by atoms with Gasteiger partial charge >= 0.3 is 0 Å². The van der Waals surface area contributed by atoms with Crippen molar-refractivity contribution in [2.24, 2.45) is 0 Å². The lowest BCUT2D eigenvalue weighted by Crippen LogP contribution is -2.34. The minimum Gasteiger partial charge on any atom is -0.398 e. The number of rotatable bonds is 5. The van der Waals surface area contributed by atoms with E-state index in [1.165, 1.54) is 0 Å². The van der Waals surface area contributed by atoms with E-state index in [4.69, 9.17) is 10.8 Å². The molecular weight excluding hydrogens is 204 g/mol. The molecule has 0 aromatic heterocycles. The molecule has 16 heavy (non-hydrogen) atoms. The van der Waals surface area contributed by atoms with Crippen LogP contribution >= 0.6 is 0 Å². The number of anilines is 1. The summed E-state index contributed by atoms with van der Waals surface area (Å²) in [6, 6.07) is 6.99. The molecule has 0 bridgehead atoms. The monoisotopic (exact) mass is 222 g/mol. The molecule has 0 fully saturated rings. The van der Waals surface area contributed by atoms with E-state index in [2.05, 4.69) is 0 Å². The molecular formula is C12H18N2O2. The van der Waals surface area contributed by atoms with E-state index in [0.717, 1.165) is 6.42 Å². The van der Waals surface area contributed by atoms with Crippen molar-refractivity contribution in [2.75, 3.05) is 25.4 Å². The zero-order chi connectivity index (χ0) is 12.0. The van der Waals surface area contributed by atoms with Crippen molar-refractivity contribution in [3.8, 4) is 0 Å². The fourth-order valence-corrected chi connectivity index (χ4v) is 1.57. The Morgan fingerprint density at radius 2 is 2.06 bits per heavy atom. The van der Waals surface area contributed by atoms with E-state index >= 15 is 0 Å². The van der Waals surface area contributed by atoms with Crippen LogP contribution in [0.15, 0.2) is 24.3 Å². The maximum Gasteiger partial charge on any atom is 0.256 e. The summed E-state index contributed by atoms with van der Waals surface area (Å²) in [5, 5.41) is 8.90. The van der Waals surface area contributed by atoms with E-state index < -0.39 is 0 Å². The second-order valence-corrected chi connectivity index (χ2v) is 3.60. The Morgan fingerprint density at radius 1 is 1.38 bits per heavy atom. The van der Waals surface area contributed by atoms with Crippen molar-refractivity contribution in [3.05, 3.63) is 29.8 Å². The number of benzene rings is 1. The third-order valence-electron chi connectivity index (χ3n) is 2.34. The summed E-state index contributed by atoms with van der Waals surface area (Å²) in [5.41, 5.74) is 6.72. The minimum absolute atomic E-state index is 0.0293. The summed E-state index contributed by atoms with van der Waals surface area (Å²) in [6.07, 6.45) is 0.860. The Balaban J connectivity index is 2.85. The predicted octanol–water partition coefficient (Wildman–Crippen LogP) is 1.11. The second kappa shape index (κ2) is 6.12. The Hall–Kier alpha value is -1.55. The molecule has 1 rings (SSSR count). The standard InChI is InChI=1S/C12H18N2O2/c1-2-7-14(8-9-15)12(16)10-5-3-4-6-11(10)13/h3-6,15H,2,7-9,13H2,1H3. The molecule has 0 aliphatic rings. The minimum atomic E-state index is -0.117. The third-order valence-corrected chi connectivity index (χ3v) is 2.34. The number of aliphatic hydroxyl groups is 1. The third kappa shape index (κ3) is 2.97. The van der Waals surface area contributed by atoms with Crippen LogP contribution < -0.4 is 5.73 Å². The summed E-state index contributed by atoms with van der Waals surface area (Å²) in [5.74, 6) is -0.117. The molecule has 0 aliphatic heterocycles. The number of carbonyl (C=O) groups is 1. The van der Waals surface area contributed by atoms with Gasteiger partial charge in [0, 0.05) is 18.8 Å². The van der Waals surface area contributed by atoms with Gasteiger partial charge in [-0.15, -0.1) is 0 Å². The maximum atomic E-state index is 12.1. The molecule has 1 aromatic rings. The van der Waals surface area contributed by atoms with Crippen LogP contribution in [0, 0.1) is 0 Å². The maximum absolute atomic E-state index is 12.1. The van der Waals surface area contributed by atoms with Crippen LogP contribution in [0.2, 0.25) is 0 Å². The second-order valence-electron chi connectivity index (χ2n) is 3.60. The van der Waals surface area contributed by atoms with Crippen LogP contribution in [-0.4, -0.2) is 35.6 Å². The normalized spacial score (nSPS) is 10.1. The first-order valence-corrected chi connectivity index (χ1v) is 5.45. The highest BCUT2D eigenvalue weighted by atomic mass is 16.3. The van der Waals surface area contributed by atoms with Crippen molar-refractivity contribution in [3.63, 3.8) is 0 Å². The Morgan fingerprint density at radius 3 is 2.62 bits per heavy atom. The molecule has 1 amide bonds. The fraction of sp³-hybridized carbons (Fsp3) is 0.417. The molecule has 0 atom stereocenters. The van der Waals surface area contributed by atoms with Crippen molar-refractivity contribution in [2.45, 2.75) is 13.3 Å². The zero-order valence-electron chi connectivity index (χ0n) is 9.52. The van der Waals surface area contributed by atoms with E-state index in [-0.39, 0.29) is 12.5 Å². The van der Waals surface area contributed by atoms with Crippen LogP contribution in [0.3, 0.4) is 0 Å². The molecule has 0 heterocycles. The van der Waals surface area contributed by atoms with E-state index in [1.54, 1.807) is 29.2 Å². The highest BCUT2D eigenvalue weighted by molar-refractivity contribution is 5.99. The quantitative estimate of drug-likeness (QED) is 0.733. The number of aliphatic hydroxyl groups excluding tert-OH is 1. The largest absolute Gasteiger partial charge is 0.398 e. The molecule has 88 valence electrons. The summed E-state index contributed by atoms with van der Waals surface area (Å²) < 4.78 is 0. The van der Waals surface area contributed by atoms with Crippen molar-refractivity contribution in [1.29, 1.82) is 0 Å². The van der Waals surface area contributed by atoms with Crippen LogP contribution in [0.5, 0.6) is 0 Å². The first kappa shape index (κ1) is 12.5. The van der Waals surface area contributed by atoms with Gasteiger partial charge in [-0.3, -0.25) is 4.79 Å². The lowest BCUT2D eigenvalue weighted by atomic mass is 10.1. The Labute approximate surface area is 95.7 Å². The molecule has 0 radical (unpaired) electrons. The number of nitrogen functional groups attached to an aromatic ring is 1. The first-order valence-electron chi connectivity index (χ1n) is 5.45. The fourth-order valence-electron chi connectivity index (χ4n) is 1.57. The van der Waals surface area contributed by atoms with Crippen molar-refractivity contribution in [1.82, 2.24) is 4.90 Å². The molecule has 4 nitrogen and oxygen atoms in total. The molecule has 0 unspecified atom stereocenters. The van der Waals surface area contributed by atoms with Gasteiger partial charge in [-0.2, -0.15) is 0 Å². The summed E-state index contributed by atoms with van der Waals surface area (Å²) >= 11 is 0. The van der Waals surface area contributed by atoms with Gasteiger partial charge in [-0.05, 0) is 18.6 Å². The molecule has 0 aliphatic carbocycles. The van der Waals surface area contributed by atoms with Gasteiger partial charge in [-0.25, -0.2) is 0 Å². The van der Waals surface area contributed by atoms with Gasteiger partial charge in [0.05, 0.1) is 12.2 Å². The van der Waals surface area contributed by atoms with E-state index in [1.807, 2.05) is 6.92 Å². The first-order chi connectivity index (χ1) is 7.70. The average molecular weight is 222 g/mol. The van der Waals surface area contributed by atoms with Gasteiger partial charge in [0.25, 0.3) is 5.91 Å². The molecule has 0 spiro atoms. The lowest BCUT2D eigenvalue weighted by molar-refractivity contribution is 0.0723. The average Bonchev–Trinajstić information content (AvgIpc) is 2.28. The van der Waals surface area contributed by atoms with Crippen molar-refractivity contribution < 1.29 is 9.90 Å². The number of hydrogen-bond donors (Lipinski definition) is 2. The molecule has 0 saturated carbocycles. The summed E-state index contributed by atoms with van der Waals surface area (Å²) in [7, 11) is 0. The molecule has 4 heteroatoms. The van der Waals surface area contributed by atoms with Crippen molar-refractivity contribution >= 4 is 11.6 Å². The van der Waals surface area contributed by atoms with Gasteiger partial charge in [0.15, 0.2) is 0 Å². The van der Waals surface area contributed by atoms with Crippen LogP contribution in [0.25, 0.3) is 0 Å². The Bertz CT molecular complexity index is 347. The van der Waals surface area contributed by atoms with Crippen LogP contribution in [0.1, 0.15) is 23.7 Å². The SMILES string of the molecule is CCCN(CCO)C(=O)c1ccccc1N. The van der Waals surface area contributed by atoms with Gasteiger partial charge in [-0.1, -0.05) is 19.1 Å². The molecule has 0 saturated heterocycles. The van der Waals surface area contributed by atoms with Gasteiger partial charge < -0.3 is 15.7 Å². The Kier molecular flexibility index (Phi) is 4.79. The number of carbonyl (C=O) groups excluding carboxylic acids is 1. The molecule has 1 aromatic carbocycles. The van der Waals surface area contributed by atoms with Crippen LogP contribution in [-0.2, 0) is 0 Å². The highest BCUT2D eigenvalue weighted by Crippen LogP contribution is 2.13. The number of nitrogens with two attached hydrogens (primary N) is 1. The smallest absolute Gasteiger partial charge is 0.256 e. The van der Waals surface area contributed by atoms with Gasteiger partial charge in [0.1, 0.15) is 0 Å². The van der Waals surface area contributed by atoms with Crippen LogP contribution in [0.4, 0.5) is 5.69 Å². The number of nitrogens with zero attached hydrogens (tertiary/aromatic N) is 1. The topological polar surface area (TPSA) is 66.6 Å². The lowest BCUT2D eigenvalue weighted by Gasteiger charge is -2.21. The van der Waals surface area contributed by atoms with E-state index in [0.29, 0.717) is 24.3 Å². The number of para-hydroxylation sites is 1. The van der Waals surface area contributed by atoms with E-state index in [9.17, 15) is 4.79 Å². The highest BCUT2D eigenvalue weighted by Gasteiger charge is 2.16.